The van der Waals surface area contributed by atoms with Gasteiger partial charge in [0.05, 0.1) is 0 Å². The van der Waals surface area contributed by atoms with Crippen LogP contribution in [0.1, 0.15) is 20.8 Å². The van der Waals surface area contributed by atoms with E-state index in [9.17, 15) is 29.7 Å². The summed E-state index contributed by atoms with van der Waals surface area (Å²) in [5.74, 6) is -2.78. The maximum absolute atomic E-state index is 12.6. The standard InChI is InChI=1S/C28H42O21Si8/c1-12-50-38-51(13-2)41-55(23(29)17-35-26(32)20(6)7)43-52(14-3,39-50)45-57(25(31)19-37-28(34)22(10)11)46-53(15-4,40-50)44-56(42-51,48-54(16-5,47-55)49-57)24(30)18-36-27(33)21(8)9/h12-16,23-25,29-31H,1-6,8,10,17-19H2,7,9,11H3. The normalized spacial score (nSPS) is 39.2. The van der Waals surface area contributed by atoms with Crippen LogP contribution in [0, 0.1) is 0 Å². The quantitative estimate of drug-likeness (QED) is 0.0716. The SMILES string of the molecule is C=C[Si]12O[Si]3(C=C)O[Si]4(C(O)COC(=O)C(=C)C)O[Si](C=C)(O1)O[Si]1(C(O)COC(=O)C(=C)C)O[Si](C=C)(O2)O[Si](C(O)COC(=O)C(=C)C)(O3)O[Si](C=C)(O4)O1. The highest BCUT2D eigenvalue weighted by molar-refractivity contribution is 7.06. The summed E-state index contributed by atoms with van der Waals surface area (Å²) >= 11 is 0. The van der Waals surface area contributed by atoms with Crippen LogP contribution in [-0.2, 0) is 78.0 Å². The summed E-state index contributed by atoms with van der Waals surface area (Å²) in [6.07, 6.45) is 0. The van der Waals surface area contributed by atoms with Gasteiger partial charge >= 0.3 is 88.3 Å². The Morgan fingerprint density at radius 2 is 0.614 bits per heavy atom. The summed E-state index contributed by atoms with van der Waals surface area (Å²) < 4.78 is 95.3. The largest absolute Gasteiger partial charge is 0.513 e. The number of carbonyl (C=O) groups is 3. The fourth-order valence-corrected chi connectivity index (χ4v) is 48.1. The van der Waals surface area contributed by atoms with Crippen LogP contribution in [0.25, 0.3) is 0 Å². The molecule has 6 heterocycles. The fraction of sp³-hybridized carbons (Fsp3) is 0.321. The zero-order valence-corrected chi connectivity index (χ0v) is 39.1. The number of aliphatic hydroxyl groups excluding tert-OH is 3. The lowest BCUT2D eigenvalue weighted by Crippen LogP contribution is -2.91. The maximum Gasteiger partial charge on any atom is 0.513 e. The van der Waals surface area contributed by atoms with E-state index in [0.29, 0.717) is 0 Å². The summed E-state index contributed by atoms with van der Waals surface area (Å²) in [6.45, 7) is 31.2. The first-order valence-corrected chi connectivity index (χ1v) is 31.1. The highest BCUT2D eigenvalue weighted by atomic mass is 28.6. The van der Waals surface area contributed by atoms with Gasteiger partial charge in [0.2, 0.25) is 0 Å². The van der Waals surface area contributed by atoms with Gasteiger partial charge in [0.15, 0.2) is 17.2 Å². The molecule has 6 aliphatic rings. The maximum atomic E-state index is 12.6. The Bertz CT molecular complexity index is 1590. The highest BCUT2D eigenvalue weighted by Crippen LogP contribution is 2.51. The van der Waals surface area contributed by atoms with E-state index in [4.69, 9.17) is 63.6 Å². The van der Waals surface area contributed by atoms with Crippen molar-refractivity contribution in [1.82, 2.24) is 0 Å². The lowest BCUT2D eigenvalue weighted by molar-refractivity contribution is -0.141. The predicted molar refractivity (Wildman–Crippen MR) is 205 cm³/mol. The van der Waals surface area contributed by atoms with Crippen LogP contribution in [0.2, 0.25) is 0 Å². The van der Waals surface area contributed by atoms with Crippen LogP contribution in [0.5, 0.6) is 0 Å². The van der Waals surface area contributed by atoms with Gasteiger partial charge in [-0.3, -0.25) is 0 Å². The van der Waals surface area contributed by atoms with Crippen molar-refractivity contribution >= 4 is 88.3 Å². The van der Waals surface area contributed by atoms with E-state index in [-0.39, 0.29) is 16.7 Å². The van der Waals surface area contributed by atoms with E-state index >= 15 is 0 Å². The molecule has 8 bridgehead atoms. The van der Waals surface area contributed by atoms with Gasteiger partial charge in [-0.1, -0.05) is 19.7 Å². The molecule has 6 saturated heterocycles. The third kappa shape index (κ3) is 8.45. The van der Waals surface area contributed by atoms with E-state index in [2.05, 4.69) is 52.6 Å². The molecule has 3 atom stereocenters. The molecular formula is C28H42O21Si8. The second-order valence-corrected chi connectivity index (χ2v) is 36.3. The zero-order chi connectivity index (χ0) is 42.5. The van der Waals surface area contributed by atoms with Crippen molar-refractivity contribution in [3.8, 4) is 0 Å². The number of ether oxygens (including phenoxy) is 3. The smallest absolute Gasteiger partial charge is 0.460 e. The molecule has 312 valence electrons. The molecular weight excluding hydrogens is 897 g/mol. The second kappa shape index (κ2) is 16.1. The van der Waals surface area contributed by atoms with Gasteiger partial charge in [0.1, 0.15) is 19.8 Å². The lowest BCUT2D eigenvalue weighted by Gasteiger charge is -2.62. The fourth-order valence-electron chi connectivity index (χ4n) is 5.26. The Hall–Kier alpha value is -2.53. The molecule has 29 heteroatoms. The average molecular weight is 939 g/mol. The topological polar surface area (TPSA) is 250 Å². The van der Waals surface area contributed by atoms with Crippen molar-refractivity contribution in [2.45, 2.75) is 38.0 Å². The van der Waals surface area contributed by atoms with Gasteiger partial charge in [-0.2, -0.15) is 0 Å². The molecule has 57 heavy (non-hydrogen) atoms. The number of aliphatic hydroxyl groups is 3. The van der Waals surface area contributed by atoms with Crippen molar-refractivity contribution in [2.24, 2.45) is 0 Å². The number of hydrogen-bond donors (Lipinski definition) is 3. The number of hydrogen-bond acceptors (Lipinski definition) is 21. The minimum atomic E-state index is -5.28. The Kier molecular flexibility index (Phi) is 12.9. The minimum absolute atomic E-state index is 0.0355. The van der Waals surface area contributed by atoms with Crippen LogP contribution >= 0.6 is 0 Å². The Morgan fingerprint density at radius 1 is 0.439 bits per heavy atom. The number of carbonyl (C=O) groups excluding carboxylic acids is 3. The molecule has 0 aliphatic carbocycles. The molecule has 0 aromatic carbocycles. The van der Waals surface area contributed by atoms with Gasteiger partial charge in [-0.15, -0.1) is 32.9 Å². The van der Waals surface area contributed by atoms with Crippen LogP contribution in [-0.4, -0.2) is 141 Å². The van der Waals surface area contributed by atoms with E-state index < -0.39 is 125 Å². The van der Waals surface area contributed by atoms with Crippen LogP contribution in [0.3, 0.4) is 0 Å². The van der Waals surface area contributed by atoms with Gasteiger partial charge < -0.3 is 78.9 Å². The molecule has 0 spiro atoms. The van der Waals surface area contributed by atoms with Crippen LogP contribution in [0.15, 0.2) is 97.8 Å². The third-order valence-electron chi connectivity index (χ3n) is 8.05. The van der Waals surface area contributed by atoms with E-state index in [1.165, 1.54) is 20.8 Å². The summed E-state index contributed by atoms with van der Waals surface area (Å²) in [4.78, 5) is 37.7. The van der Waals surface area contributed by atoms with Crippen molar-refractivity contribution in [3.63, 3.8) is 0 Å². The molecule has 6 aliphatic heterocycles. The Balaban J connectivity index is 1.85. The highest BCUT2D eigenvalue weighted by Gasteiger charge is 2.85. The average Bonchev–Trinajstić information content (AvgIpc) is 3.13. The molecule has 3 N–H and O–H groups in total. The molecule has 3 unspecified atom stereocenters. The summed E-state index contributed by atoms with van der Waals surface area (Å²) in [5.41, 5.74) is -1.27. The molecule has 21 nitrogen and oxygen atoms in total. The molecule has 6 rings (SSSR count). The molecule has 6 fully saturated rings. The molecule has 0 amide bonds. The van der Waals surface area contributed by atoms with Crippen molar-refractivity contribution in [3.05, 3.63) is 97.8 Å². The number of rotatable bonds is 17. The first-order chi connectivity index (χ1) is 26.5. The summed E-state index contributed by atoms with van der Waals surface area (Å²) in [7, 11) is -40.7. The van der Waals surface area contributed by atoms with Gasteiger partial charge in [0, 0.05) is 16.7 Å². The molecule has 0 aromatic rings. The van der Waals surface area contributed by atoms with E-state index in [0.717, 1.165) is 28.5 Å². The number of esters is 3. The summed E-state index contributed by atoms with van der Waals surface area (Å²) in [6, 6.07) is 0. The van der Waals surface area contributed by atoms with Crippen molar-refractivity contribution in [1.29, 1.82) is 0 Å². The van der Waals surface area contributed by atoms with E-state index in [1.807, 2.05) is 0 Å². The lowest BCUT2D eigenvalue weighted by atomic mass is 10.4. The second-order valence-electron chi connectivity index (χ2n) is 12.8. The molecule has 0 radical (unpaired) electrons. The van der Waals surface area contributed by atoms with Crippen molar-refractivity contribution in [2.75, 3.05) is 19.8 Å². The molecule has 0 saturated carbocycles. The van der Waals surface area contributed by atoms with Crippen LogP contribution < -0.4 is 0 Å². The predicted octanol–water partition coefficient (Wildman–Crippen LogP) is -0.551. The Morgan fingerprint density at radius 3 is 0.789 bits per heavy atom. The van der Waals surface area contributed by atoms with Crippen molar-refractivity contribution < 1.29 is 93.3 Å². The molecule has 0 aromatic heterocycles. The van der Waals surface area contributed by atoms with E-state index in [1.54, 1.807) is 0 Å². The minimum Gasteiger partial charge on any atom is -0.460 e. The first-order valence-electron chi connectivity index (χ1n) is 16.7. The van der Waals surface area contributed by atoms with Crippen LogP contribution in [0.4, 0.5) is 0 Å². The van der Waals surface area contributed by atoms with Gasteiger partial charge in [-0.05, 0) is 49.3 Å². The first kappa shape index (κ1) is 45.5. The Labute approximate surface area is 336 Å². The monoisotopic (exact) mass is 938 g/mol. The van der Waals surface area contributed by atoms with Gasteiger partial charge in [0.25, 0.3) is 0 Å². The third-order valence-corrected chi connectivity index (χ3v) is 40.8. The van der Waals surface area contributed by atoms with Gasteiger partial charge in [-0.25, -0.2) is 14.4 Å². The zero-order valence-electron chi connectivity index (χ0n) is 31.1. The summed E-state index contributed by atoms with van der Waals surface area (Å²) in [5, 5.41) is 36.1.